The van der Waals surface area contributed by atoms with Crippen LogP contribution < -0.4 is 0 Å². The topological polar surface area (TPSA) is 68.9 Å². The summed E-state index contributed by atoms with van der Waals surface area (Å²) in [5.41, 5.74) is 14.6. The van der Waals surface area contributed by atoms with Crippen LogP contribution in [-0.2, 0) is 0 Å². The first-order chi connectivity index (χ1) is 31.2. The van der Waals surface area contributed by atoms with Crippen molar-refractivity contribution >= 4 is 38.2 Å². The Kier molecular flexibility index (Phi) is 8.71. The Morgan fingerprint density at radius 2 is 0.746 bits per heavy atom. The number of pyridine rings is 2. The first-order valence-corrected chi connectivity index (χ1v) is 21.1. The van der Waals surface area contributed by atoms with Gasteiger partial charge < -0.3 is 0 Å². The number of aromatic nitrogens is 6. The summed E-state index contributed by atoms with van der Waals surface area (Å²) in [4.78, 5) is 25.0. The molecule has 12 rings (SSSR count). The lowest BCUT2D eigenvalue weighted by molar-refractivity contribution is 1.07. The Bertz CT molecular complexity index is 3520. The van der Waals surface area contributed by atoms with Crippen LogP contribution in [0.2, 0.25) is 0 Å². The van der Waals surface area contributed by atoms with Gasteiger partial charge in [0.25, 0.3) is 0 Å². The van der Waals surface area contributed by atoms with Gasteiger partial charge in [-0.1, -0.05) is 170 Å². The van der Waals surface area contributed by atoms with E-state index in [1.54, 1.807) is 0 Å². The molecule has 0 spiro atoms. The molecule has 294 valence electrons. The number of benzene rings is 8. The van der Waals surface area contributed by atoms with Crippen LogP contribution >= 0.6 is 0 Å². The first-order valence-electron chi connectivity index (χ1n) is 21.1. The molecule has 0 saturated carbocycles. The molecule has 0 aliphatic rings. The SMILES string of the molecule is c1ccc(-c2ccc(-c3nc(-c4ccc(-c5ccccc5)cc4)nc(-c4ccc(-c5ccc6c(c5)c5cc(-c7ccccn7)ccc5c5nc7ccccn7c65)cc4)n3)cc2)cc1. The molecule has 6 heteroatoms. The van der Waals surface area contributed by atoms with Crippen LogP contribution in [0.4, 0.5) is 0 Å². The van der Waals surface area contributed by atoms with Gasteiger partial charge in [-0.15, -0.1) is 0 Å². The average Bonchev–Trinajstić information content (AvgIpc) is 3.77. The molecule has 0 fully saturated rings. The summed E-state index contributed by atoms with van der Waals surface area (Å²) < 4.78 is 2.20. The molecule has 63 heavy (non-hydrogen) atoms. The minimum atomic E-state index is 0.613. The molecule has 0 amide bonds. The Balaban J connectivity index is 0.959. The number of hydrogen-bond acceptors (Lipinski definition) is 5. The summed E-state index contributed by atoms with van der Waals surface area (Å²) in [5, 5.41) is 4.56. The highest BCUT2D eigenvalue weighted by atomic mass is 15.0. The van der Waals surface area contributed by atoms with Gasteiger partial charge in [-0.05, 0) is 80.6 Å². The van der Waals surface area contributed by atoms with E-state index >= 15 is 0 Å². The molecule has 8 aromatic carbocycles. The molecule has 0 aliphatic heterocycles. The molecule has 0 unspecified atom stereocenters. The second-order valence-electron chi connectivity index (χ2n) is 15.7. The second-order valence-corrected chi connectivity index (χ2v) is 15.7. The van der Waals surface area contributed by atoms with Crippen molar-refractivity contribution in [2.45, 2.75) is 0 Å². The zero-order chi connectivity index (χ0) is 41.7. The monoisotopic (exact) mass is 804 g/mol. The maximum absolute atomic E-state index is 5.13. The minimum absolute atomic E-state index is 0.613. The lowest BCUT2D eigenvalue weighted by Gasteiger charge is -2.12. The summed E-state index contributed by atoms with van der Waals surface area (Å²) in [6.07, 6.45) is 3.94. The molecule has 4 heterocycles. The molecular formula is C57H36N6. The highest BCUT2D eigenvalue weighted by Gasteiger charge is 2.18. The molecule has 12 aromatic rings. The number of rotatable bonds is 7. The van der Waals surface area contributed by atoms with Crippen molar-refractivity contribution in [2.75, 3.05) is 0 Å². The smallest absolute Gasteiger partial charge is 0.164 e. The molecule has 4 aromatic heterocycles. The van der Waals surface area contributed by atoms with Crippen molar-refractivity contribution in [1.29, 1.82) is 0 Å². The summed E-state index contributed by atoms with van der Waals surface area (Å²) in [5.74, 6) is 1.86. The van der Waals surface area contributed by atoms with Crippen LogP contribution in [-0.4, -0.2) is 29.3 Å². The summed E-state index contributed by atoms with van der Waals surface area (Å²) in [7, 11) is 0. The van der Waals surface area contributed by atoms with E-state index in [1.807, 2.05) is 36.5 Å². The van der Waals surface area contributed by atoms with Gasteiger partial charge in [-0.2, -0.15) is 0 Å². The third kappa shape index (κ3) is 6.58. The fraction of sp³-hybridized carbons (Fsp3) is 0. The van der Waals surface area contributed by atoms with Crippen molar-refractivity contribution in [2.24, 2.45) is 0 Å². The Morgan fingerprint density at radius 1 is 0.302 bits per heavy atom. The molecular weight excluding hydrogens is 769 g/mol. The predicted octanol–water partition coefficient (Wildman–Crippen LogP) is 14.0. The predicted molar refractivity (Wildman–Crippen MR) is 257 cm³/mol. The van der Waals surface area contributed by atoms with Gasteiger partial charge in [0.05, 0.1) is 16.7 Å². The number of imidazole rings is 1. The first kappa shape index (κ1) is 36.3. The fourth-order valence-electron chi connectivity index (χ4n) is 8.72. The molecule has 0 N–H and O–H groups in total. The normalized spacial score (nSPS) is 11.5. The van der Waals surface area contributed by atoms with Gasteiger partial charge >= 0.3 is 0 Å². The highest BCUT2D eigenvalue weighted by molar-refractivity contribution is 6.25. The van der Waals surface area contributed by atoms with Crippen LogP contribution in [0.15, 0.2) is 219 Å². The zero-order valence-corrected chi connectivity index (χ0v) is 34.0. The van der Waals surface area contributed by atoms with Gasteiger partial charge in [-0.25, -0.2) is 19.9 Å². The lowest BCUT2D eigenvalue weighted by Crippen LogP contribution is -2.00. The van der Waals surface area contributed by atoms with Gasteiger partial charge in [-0.3, -0.25) is 9.38 Å². The minimum Gasteiger partial charge on any atom is -0.299 e. The van der Waals surface area contributed by atoms with Crippen molar-refractivity contribution in [3.8, 4) is 78.8 Å². The Hall–Kier alpha value is -8.61. The standard InChI is InChI=1S/C57H36N6/c1-3-11-37(12-4-1)39-17-23-42(24-18-39)55-60-56(43-25-19-40(20-26-43)38-13-5-2-6-14-38)62-57(61-55)44-27-21-41(22-28-44)45-29-32-48-50(35-45)49-36-46(51-15-7-9-33-58-51)30-31-47(49)53-54(48)63-34-10-8-16-52(63)59-53/h1-36H. The van der Waals surface area contributed by atoms with Crippen molar-refractivity contribution in [3.05, 3.63) is 219 Å². The summed E-state index contributed by atoms with van der Waals surface area (Å²) in [6.45, 7) is 0. The van der Waals surface area contributed by atoms with Crippen molar-refractivity contribution in [3.63, 3.8) is 0 Å². The summed E-state index contributed by atoms with van der Waals surface area (Å²) >= 11 is 0. The van der Waals surface area contributed by atoms with E-state index in [0.29, 0.717) is 17.5 Å². The molecule has 0 bridgehead atoms. The van der Waals surface area contributed by atoms with Crippen LogP contribution in [0, 0.1) is 0 Å². The summed E-state index contributed by atoms with van der Waals surface area (Å²) in [6, 6.07) is 71.8. The molecule has 0 saturated heterocycles. The van der Waals surface area contributed by atoms with Crippen LogP contribution in [0.25, 0.3) is 117 Å². The molecule has 0 atom stereocenters. The van der Waals surface area contributed by atoms with Crippen molar-refractivity contribution in [1.82, 2.24) is 29.3 Å². The van der Waals surface area contributed by atoms with E-state index in [4.69, 9.17) is 19.9 Å². The van der Waals surface area contributed by atoms with Crippen molar-refractivity contribution < 1.29 is 0 Å². The molecule has 0 radical (unpaired) electrons. The molecule has 6 nitrogen and oxygen atoms in total. The van der Waals surface area contributed by atoms with E-state index in [-0.39, 0.29) is 0 Å². The lowest BCUT2D eigenvalue weighted by atomic mass is 9.94. The number of fused-ring (bicyclic) bond motifs is 8. The van der Waals surface area contributed by atoms with Gasteiger partial charge in [0.1, 0.15) is 5.65 Å². The zero-order valence-electron chi connectivity index (χ0n) is 34.0. The highest BCUT2D eigenvalue weighted by Crippen LogP contribution is 2.39. The van der Waals surface area contributed by atoms with E-state index in [2.05, 4.69) is 192 Å². The van der Waals surface area contributed by atoms with Gasteiger partial charge in [0.2, 0.25) is 0 Å². The third-order valence-electron chi connectivity index (χ3n) is 11.9. The van der Waals surface area contributed by atoms with Crippen LogP contribution in [0.3, 0.4) is 0 Å². The Labute approximate surface area is 363 Å². The fourth-order valence-corrected chi connectivity index (χ4v) is 8.72. The average molecular weight is 805 g/mol. The van der Waals surface area contributed by atoms with E-state index in [9.17, 15) is 0 Å². The maximum Gasteiger partial charge on any atom is 0.164 e. The van der Waals surface area contributed by atoms with E-state index in [0.717, 1.165) is 99.6 Å². The molecule has 0 aliphatic carbocycles. The maximum atomic E-state index is 5.13. The van der Waals surface area contributed by atoms with Crippen LogP contribution in [0.5, 0.6) is 0 Å². The van der Waals surface area contributed by atoms with Gasteiger partial charge in [0.15, 0.2) is 17.5 Å². The number of hydrogen-bond donors (Lipinski definition) is 0. The van der Waals surface area contributed by atoms with E-state index < -0.39 is 0 Å². The quantitative estimate of drug-likeness (QED) is 0.150. The third-order valence-corrected chi connectivity index (χ3v) is 11.9. The Morgan fingerprint density at radius 3 is 1.32 bits per heavy atom. The number of nitrogens with zero attached hydrogens (tertiary/aromatic N) is 6. The second kappa shape index (κ2) is 15.1. The van der Waals surface area contributed by atoms with Gasteiger partial charge in [0, 0.05) is 45.4 Å². The largest absolute Gasteiger partial charge is 0.299 e. The van der Waals surface area contributed by atoms with Crippen LogP contribution in [0.1, 0.15) is 0 Å². The van der Waals surface area contributed by atoms with E-state index in [1.165, 1.54) is 0 Å².